The maximum absolute atomic E-state index is 8.25. The van der Waals surface area contributed by atoms with E-state index in [-0.39, 0.29) is 0 Å². The Balaban J connectivity index is 0.000000218. The molecule has 1 heterocycles. The molecule has 1 rings (SSSR count). The van der Waals surface area contributed by atoms with Gasteiger partial charge in [0.15, 0.2) is 12.4 Å². The average Bonchev–Trinajstić information content (AvgIpc) is 1.87. The number of hydrogen-bond donors (Lipinski definition) is 0. The lowest BCUT2D eigenvalue weighted by Gasteiger charge is -1.77. The largest absolute Gasteiger partial charge is 0.356 e. The van der Waals surface area contributed by atoms with Crippen molar-refractivity contribution in [2.75, 3.05) is 0 Å². The van der Waals surface area contributed by atoms with Crippen LogP contribution in [0, 0.1) is 15.3 Å². The predicted octanol–water partition coefficient (Wildman–Crippen LogP) is 0.272. The van der Waals surface area contributed by atoms with Crippen LogP contribution in [0.3, 0.4) is 0 Å². The first-order chi connectivity index (χ1) is 5.13. The van der Waals surface area contributed by atoms with Crippen molar-refractivity contribution in [2.24, 2.45) is 7.05 Å². The number of pyridine rings is 1. The summed E-state index contributed by atoms with van der Waals surface area (Å²) in [5, 5.41) is 14.8. The molecule has 0 amide bonds. The highest BCUT2D eigenvalue weighted by atomic mass is 16.9. The first kappa shape index (κ1) is 9.35. The van der Waals surface area contributed by atoms with Crippen LogP contribution in [0.2, 0.25) is 0 Å². The third kappa shape index (κ3) is 8.35. The Morgan fingerprint density at radius 2 is 1.55 bits per heavy atom. The lowest BCUT2D eigenvalue weighted by molar-refractivity contribution is -0.671. The molecule has 0 fully saturated rings. The van der Waals surface area contributed by atoms with Crippen LogP contribution in [0.1, 0.15) is 0 Å². The van der Waals surface area contributed by atoms with E-state index in [1.165, 1.54) is 0 Å². The topological polar surface area (TPSA) is 70.1 Å². The molecule has 0 saturated heterocycles. The van der Waals surface area contributed by atoms with Gasteiger partial charge < -0.3 is 15.3 Å². The summed E-state index contributed by atoms with van der Waals surface area (Å²) in [5.41, 5.74) is 0. The van der Waals surface area contributed by atoms with Crippen molar-refractivity contribution < 1.29 is 9.65 Å². The quantitative estimate of drug-likeness (QED) is 0.307. The Labute approximate surface area is 63.6 Å². The number of nitrogens with zero attached hydrogens (tertiary/aromatic N) is 2. The van der Waals surface area contributed by atoms with E-state index in [1.54, 1.807) is 0 Å². The summed E-state index contributed by atoms with van der Waals surface area (Å²) in [5.74, 6) is 0. The van der Waals surface area contributed by atoms with Crippen LogP contribution in [0.15, 0.2) is 30.6 Å². The van der Waals surface area contributed by atoms with Crippen molar-refractivity contribution >= 4 is 0 Å². The van der Waals surface area contributed by atoms with Gasteiger partial charge in [0.25, 0.3) is 0 Å². The zero-order valence-corrected chi connectivity index (χ0v) is 6.01. The summed E-state index contributed by atoms with van der Waals surface area (Å²) in [6, 6.07) is 6.00. The summed E-state index contributed by atoms with van der Waals surface area (Å²) in [7, 11) is 2.00. The monoisotopic (exact) mass is 156 g/mol. The molecule has 0 aliphatic carbocycles. The Morgan fingerprint density at radius 3 is 1.73 bits per heavy atom. The van der Waals surface area contributed by atoms with E-state index in [0.717, 1.165) is 0 Å². The fourth-order valence-corrected chi connectivity index (χ4v) is 0.485. The van der Waals surface area contributed by atoms with Gasteiger partial charge in [-0.15, -0.1) is 0 Å². The molecule has 1 aromatic rings. The van der Waals surface area contributed by atoms with Crippen LogP contribution in [-0.4, -0.2) is 5.09 Å². The summed E-state index contributed by atoms with van der Waals surface area (Å²) in [6.45, 7) is 0. The molecule has 0 bridgehead atoms. The van der Waals surface area contributed by atoms with Crippen LogP contribution in [0.25, 0.3) is 0 Å². The molecule has 0 radical (unpaired) electrons. The predicted molar refractivity (Wildman–Crippen MR) is 38.0 cm³/mol. The van der Waals surface area contributed by atoms with Gasteiger partial charge in [0.05, 0.1) is 5.09 Å². The molecule has 60 valence electrons. The molecule has 1 aromatic heterocycles. The highest BCUT2D eigenvalue weighted by Crippen LogP contribution is 1.71. The van der Waals surface area contributed by atoms with E-state index in [4.69, 9.17) is 15.3 Å². The van der Waals surface area contributed by atoms with Crippen molar-refractivity contribution in [1.29, 1.82) is 0 Å². The second-order valence-electron chi connectivity index (χ2n) is 1.76. The maximum atomic E-state index is 8.25. The van der Waals surface area contributed by atoms with Crippen molar-refractivity contribution in [3.63, 3.8) is 0 Å². The van der Waals surface area contributed by atoms with E-state index in [9.17, 15) is 0 Å². The Bertz CT molecular complexity index is 208. The molecule has 0 aromatic carbocycles. The van der Waals surface area contributed by atoms with Crippen LogP contribution in [-0.2, 0) is 7.05 Å². The van der Waals surface area contributed by atoms with Crippen molar-refractivity contribution in [2.45, 2.75) is 0 Å². The van der Waals surface area contributed by atoms with Crippen LogP contribution in [0.5, 0.6) is 0 Å². The van der Waals surface area contributed by atoms with Gasteiger partial charge in [-0.1, -0.05) is 6.07 Å². The second kappa shape index (κ2) is 5.16. The minimum atomic E-state index is -1.75. The SMILES string of the molecule is C[n+]1ccccc1.O=[N+]([O-])[O-]. The molecule has 0 spiro atoms. The Morgan fingerprint density at radius 1 is 1.18 bits per heavy atom. The standard InChI is InChI=1S/C6H8N.NO3/c1-7-5-3-2-4-6-7;2-1(3)4/h2-6H,1H3;/q+1;-1. The smallest absolute Gasteiger partial charge is 0.168 e. The number of aryl methyl sites for hydroxylation is 1. The molecular weight excluding hydrogens is 148 g/mol. The Kier molecular flexibility index (Phi) is 4.39. The minimum Gasteiger partial charge on any atom is -0.356 e. The van der Waals surface area contributed by atoms with E-state index in [2.05, 4.69) is 0 Å². The molecule has 0 N–H and O–H groups in total. The lowest BCUT2D eigenvalue weighted by Crippen LogP contribution is -2.25. The maximum Gasteiger partial charge on any atom is 0.168 e. The molecule has 0 unspecified atom stereocenters. The fraction of sp³-hybridized carbons (Fsp3) is 0.167. The van der Waals surface area contributed by atoms with Crippen molar-refractivity contribution in [3.05, 3.63) is 45.9 Å². The van der Waals surface area contributed by atoms with E-state index < -0.39 is 5.09 Å². The zero-order chi connectivity index (χ0) is 8.69. The molecule has 0 saturated carbocycles. The van der Waals surface area contributed by atoms with Crippen molar-refractivity contribution in [1.82, 2.24) is 0 Å². The lowest BCUT2D eigenvalue weighted by atomic mass is 10.5. The molecule has 0 aliphatic heterocycles. The fourth-order valence-electron chi connectivity index (χ4n) is 0.485. The highest BCUT2D eigenvalue weighted by molar-refractivity contribution is 4.83. The van der Waals surface area contributed by atoms with Gasteiger partial charge >= 0.3 is 0 Å². The van der Waals surface area contributed by atoms with Crippen LogP contribution < -0.4 is 4.57 Å². The first-order valence-electron chi connectivity index (χ1n) is 2.84. The van der Waals surface area contributed by atoms with Gasteiger partial charge in [0.2, 0.25) is 0 Å². The molecule has 5 nitrogen and oxygen atoms in total. The molecular formula is C6H8N2O3. The molecule has 11 heavy (non-hydrogen) atoms. The van der Waals surface area contributed by atoms with Gasteiger partial charge in [-0.3, -0.25) is 0 Å². The Hall–Kier alpha value is -1.65. The second-order valence-corrected chi connectivity index (χ2v) is 1.76. The molecule has 0 aliphatic rings. The van der Waals surface area contributed by atoms with Gasteiger partial charge in [-0.25, -0.2) is 4.57 Å². The highest BCUT2D eigenvalue weighted by Gasteiger charge is 1.78. The third-order valence-electron chi connectivity index (χ3n) is 0.865. The summed E-state index contributed by atoms with van der Waals surface area (Å²) >= 11 is 0. The van der Waals surface area contributed by atoms with Crippen molar-refractivity contribution in [3.8, 4) is 0 Å². The average molecular weight is 156 g/mol. The van der Waals surface area contributed by atoms with E-state index in [0.29, 0.717) is 0 Å². The summed E-state index contributed by atoms with van der Waals surface area (Å²) in [6.07, 6.45) is 4.00. The van der Waals surface area contributed by atoms with Gasteiger partial charge in [-0.05, 0) is 0 Å². The number of rotatable bonds is 0. The number of hydrogen-bond acceptors (Lipinski definition) is 3. The zero-order valence-electron chi connectivity index (χ0n) is 6.01. The summed E-state index contributed by atoms with van der Waals surface area (Å²) in [4.78, 5) is 8.25. The van der Waals surface area contributed by atoms with E-state index in [1.807, 2.05) is 42.2 Å². The minimum absolute atomic E-state index is 1.75. The van der Waals surface area contributed by atoms with Gasteiger partial charge in [-0.2, -0.15) is 0 Å². The molecule has 0 atom stereocenters. The van der Waals surface area contributed by atoms with Gasteiger partial charge in [0, 0.05) is 12.1 Å². The normalized spacial score (nSPS) is 7.73. The van der Waals surface area contributed by atoms with Gasteiger partial charge in [0.1, 0.15) is 7.05 Å². The third-order valence-corrected chi connectivity index (χ3v) is 0.865. The molecule has 5 heteroatoms. The summed E-state index contributed by atoms with van der Waals surface area (Å²) < 4.78 is 2.00. The van der Waals surface area contributed by atoms with E-state index >= 15 is 0 Å². The first-order valence-corrected chi connectivity index (χ1v) is 2.84. The van der Waals surface area contributed by atoms with Crippen LogP contribution in [0.4, 0.5) is 0 Å². The number of aromatic nitrogens is 1. The van der Waals surface area contributed by atoms with Crippen LogP contribution >= 0.6 is 0 Å².